The van der Waals surface area contributed by atoms with Crippen molar-refractivity contribution in [3.8, 4) is 5.88 Å². The molecule has 6 nitrogen and oxygen atoms in total. The predicted molar refractivity (Wildman–Crippen MR) is 67.3 cm³/mol. The summed E-state index contributed by atoms with van der Waals surface area (Å²) in [7, 11) is 3.36. The SMILES string of the molecule is COc1cc(CNC(=O)COC(C)(C)C)nn1C. The van der Waals surface area contributed by atoms with Gasteiger partial charge in [-0.3, -0.25) is 4.79 Å². The van der Waals surface area contributed by atoms with Gasteiger partial charge in [0.1, 0.15) is 6.61 Å². The van der Waals surface area contributed by atoms with Gasteiger partial charge in [-0.2, -0.15) is 5.10 Å². The lowest BCUT2D eigenvalue weighted by atomic mass is 10.2. The van der Waals surface area contributed by atoms with E-state index >= 15 is 0 Å². The van der Waals surface area contributed by atoms with Crippen molar-refractivity contribution >= 4 is 5.91 Å². The minimum atomic E-state index is -0.314. The van der Waals surface area contributed by atoms with E-state index in [0.29, 0.717) is 12.4 Å². The first-order valence-electron chi connectivity index (χ1n) is 5.79. The lowest BCUT2D eigenvalue weighted by Gasteiger charge is -2.18. The van der Waals surface area contributed by atoms with Gasteiger partial charge in [0.25, 0.3) is 0 Å². The Balaban J connectivity index is 2.38. The van der Waals surface area contributed by atoms with Crippen molar-refractivity contribution in [2.24, 2.45) is 7.05 Å². The maximum atomic E-state index is 11.5. The second-order valence-corrected chi connectivity index (χ2v) is 4.98. The number of carbonyl (C=O) groups is 1. The molecular formula is C12H21N3O3. The van der Waals surface area contributed by atoms with Gasteiger partial charge in [-0.05, 0) is 20.8 Å². The van der Waals surface area contributed by atoms with E-state index in [4.69, 9.17) is 9.47 Å². The highest BCUT2D eigenvalue weighted by Gasteiger charge is 2.13. The van der Waals surface area contributed by atoms with Crippen LogP contribution >= 0.6 is 0 Å². The van der Waals surface area contributed by atoms with Crippen LogP contribution in [0.15, 0.2) is 6.07 Å². The number of nitrogens with one attached hydrogen (secondary N) is 1. The van der Waals surface area contributed by atoms with E-state index in [1.54, 1.807) is 24.9 Å². The summed E-state index contributed by atoms with van der Waals surface area (Å²) < 4.78 is 12.1. The average molecular weight is 255 g/mol. The maximum absolute atomic E-state index is 11.5. The van der Waals surface area contributed by atoms with Crippen LogP contribution in [0, 0.1) is 0 Å². The van der Waals surface area contributed by atoms with Crippen molar-refractivity contribution in [1.29, 1.82) is 0 Å². The second-order valence-electron chi connectivity index (χ2n) is 4.98. The number of rotatable bonds is 5. The predicted octanol–water partition coefficient (Wildman–Crippen LogP) is 0.860. The molecule has 1 aromatic rings. The molecule has 0 atom stereocenters. The number of aryl methyl sites for hydroxylation is 1. The molecule has 0 saturated heterocycles. The molecule has 0 bridgehead atoms. The molecule has 0 aliphatic carbocycles. The Morgan fingerprint density at radius 3 is 2.67 bits per heavy atom. The van der Waals surface area contributed by atoms with Crippen molar-refractivity contribution in [1.82, 2.24) is 15.1 Å². The first kappa shape index (κ1) is 14.5. The summed E-state index contributed by atoms with van der Waals surface area (Å²) in [5.74, 6) is 0.500. The topological polar surface area (TPSA) is 65.4 Å². The highest BCUT2D eigenvalue weighted by molar-refractivity contribution is 5.77. The molecule has 0 unspecified atom stereocenters. The maximum Gasteiger partial charge on any atom is 0.246 e. The molecule has 0 radical (unpaired) electrons. The monoisotopic (exact) mass is 255 g/mol. The molecule has 102 valence electrons. The minimum Gasteiger partial charge on any atom is -0.481 e. The van der Waals surface area contributed by atoms with E-state index in [1.807, 2.05) is 20.8 Å². The largest absolute Gasteiger partial charge is 0.481 e. The number of amides is 1. The van der Waals surface area contributed by atoms with Crippen molar-refractivity contribution in [3.05, 3.63) is 11.8 Å². The molecule has 0 aliphatic rings. The Morgan fingerprint density at radius 1 is 1.50 bits per heavy atom. The molecule has 1 N–H and O–H groups in total. The Hall–Kier alpha value is -1.56. The first-order valence-corrected chi connectivity index (χ1v) is 5.79. The molecule has 0 saturated carbocycles. The summed E-state index contributed by atoms with van der Waals surface area (Å²) >= 11 is 0. The van der Waals surface area contributed by atoms with Crippen LogP contribution in [0.1, 0.15) is 26.5 Å². The van der Waals surface area contributed by atoms with Crippen LogP contribution in [0.3, 0.4) is 0 Å². The van der Waals surface area contributed by atoms with Crippen LogP contribution in [0.25, 0.3) is 0 Å². The Morgan fingerprint density at radius 2 is 2.17 bits per heavy atom. The molecule has 0 aliphatic heterocycles. The van der Waals surface area contributed by atoms with Crippen LogP contribution in [0.4, 0.5) is 0 Å². The summed E-state index contributed by atoms with van der Waals surface area (Å²) in [6.07, 6.45) is 0. The van der Waals surface area contributed by atoms with Gasteiger partial charge in [0.05, 0.1) is 24.9 Å². The van der Waals surface area contributed by atoms with E-state index < -0.39 is 0 Å². The molecule has 6 heteroatoms. The van der Waals surface area contributed by atoms with E-state index in [-0.39, 0.29) is 18.1 Å². The van der Waals surface area contributed by atoms with Crippen molar-refractivity contribution in [2.45, 2.75) is 32.9 Å². The molecular weight excluding hydrogens is 234 g/mol. The van der Waals surface area contributed by atoms with Gasteiger partial charge >= 0.3 is 0 Å². The molecule has 0 aromatic carbocycles. The van der Waals surface area contributed by atoms with Gasteiger partial charge in [-0.15, -0.1) is 0 Å². The number of carbonyl (C=O) groups excluding carboxylic acids is 1. The Labute approximate surface area is 107 Å². The van der Waals surface area contributed by atoms with Crippen LogP contribution < -0.4 is 10.1 Å². The number of aromatic nitrogens is 2. The van der Waals surface area contributed by atoms with Gasteiger partial charge in [0.15, 0.2) is 0 Å². The third-order valence-electron chi connectivity index (χ3n) is 2.20. The number of nitrogens with zero attached hydrogens (tertiary/aromatic N) is 2. The lowest BCUT2D eigenvalue weighted by Crippen LogP contribution is -2.31. The Bertz CT molecular complexity index is 407. The number of methoxy groups -OCH3 is 1. The third-order valence-corrected chi connectivity index (χ3v) is 2.20. The van der Waals surface area contributed by atoms with Gasteiger partial charge in [-0.1, -0.05) is 0 Å². The summed E-state index contributed by atoms with van der Waals surface area (Å²) in [6, 6.07) is 1.78. The van der Waals surface area contributed by atoms with Crippen LogP contribution in [-0.2, 0) is 23.1 Å². The van der Waals surface area contributed by atoms with Gasteiger partial charge < -0.3 is 14.8 Å². The zero-order valence-electron chi connectivity index (χ0n) is 11.6. The summed E-state index contributed by atoms with van der Waals surface area (Å²) in [5.41, 5.74) is 0.435. The quantitative estimate of drug-likeness (QED) is 0.847. The molecule has 1 aromatic heterocycles. The number of ether oxygens (including phenoxy) is 2. The Kier molecular flexibility index (Phi) is 4.72. The highest BCUT2D eigenvalue weighted by Crippen LogP contribution is 2.10. The molecule has 0 fully saturated rings. The standard InChI is InChI=1S/C12H21N3O3/c1-12(2,3)18-8-10(16)13-7-9-6-11(17-5)15(4)14-9/h6H,7-8H2,1-5H3,(H,13,16). The van der Waals surface area contributed by atoms with Crippen molar-refractivity contribution in [2.75, 3.05) is 13.7 Å². The van der Waals surface area contributed by atoms with Crippen LogP contribution in [0.2, 0.25) is 0 Å². The van der Waals surface area contributed by atoms with Gasteiger partial charge in [0, 0.05) is 13.1 Å². The van der Waals surface area contributed by atoms with E-state index in [9.17, 15) is 4.79 Å². The summed E-state index contributed by atoms with van der Waals surface area (Å²) in [4.78, 5) is 11.5. The molecule has 1 heterocycles. The van der Waals surface area contributed by atoms with Crippen molar-refractivity contribution in [3.63, 3.8) is 0 Å². The van der Waals surface area contributed by atoms with Crippen molar-refractivity contribution < 1.29 is 14.3 Å². The molecule has 18 heavy (non-hydrogen) atoms. The normalized spacial score (nSPS) is 11.4. The fraction of sp³-hybridized carbons (Fsp3) is 0.667. The van der Waals surface area contributed by atoms with Crippen LogP contribution in [-0.4, -0.2) is 35.0 Å². The first-order chi connectivity index (χ1) is 8.31. The second kappa shape index (κ2) is 5.86. The van der Waals surface area contributed by atoms with Gasteiger partial charge in [0.2, 0.25) is 11.8 Å². The lowest BCUT2D eigenvalue weighted by molar-refractivity contribution is -0.130. The summed E-state index contributed by atoms with van der Waals surface area (Å²) in [6.45, 7) is 6.13. The number of hydrogen-bond acceptors (Lipinski definition) is 4. The minimum absolute atomic E-state index is 0.0491. The molecule has 1 rings (SSSR count). The van der Waals surface area contributed by atoms with Gasteiger partial charge in [-0.25, -0.2) is 4.68 Å². The average Bonchev–Trinajstić information content (AvgIpc) is 2.63. The fourth-order valence-corrected chi connectivity index (χ4v) is 1.31. The fourth-order valence-electron chi connectivity index (χ4n) is 1.31. The highest BCUT2D eigenvalue weighted by atomic mass is 16.5. The van der Waals surface area contributed by atoms with E-state index in [2.05, 4.69) is 10.4 Å². The van der Waals surface area contributed by atoms with E-state index in [0.717, 1.165) is 5.69 Å². The zero-order chi connectivity index (χ0) is 13.8. The number of hydrogen-bond donors (Lipinski definition) is 1. The molecule has 1 amide bonds. The smallest absolute Gasteiger partial charge is 0.246 e. The van der Waals surface area contributed by atoms with E-state index in [1.165, 1.54) is 0 Å². The zero-order valence-corrected chi connectivity index (χ0v) is 11.6. The van der Waals surface area contributed by atoms with Crippen LogP contribution in [0.5, 0.6) is 5.88 Å². The third kappa shape index (κ3) is 4.75. The molecule has 0 spiro atoms. The summed E-state index contributed by atoms with van der Waals surface area (Å²) in [5, 5.41) is 6.94.